The first-order valence-electron chi connectivity index (χ1n) is 7.45. The third-order valence-electron chi connectivity index (χ3n) is 3.34. The van der Waals surface area contributed by atoms with Gasteiger partial charge >= 0.3 is 5.97 Å². The van der Waals surface area contributed by atoms with Gasteiger partial charge in [0, 0.05) is 18.2 Å². The van der Waals surface area contributed by atoms with Crippen molar-refractivity contribution in [3.8, 4) is 0 Å². The van der Waals surface area contributed by atoms with Crippen LogP contribution in [0.5, 0.6) is 0 Å². The number of ether oxygens (including phenoxy) is 1. The predicted molar refractivity (Wildman–Crippen MR) is 96.1 cm³/mol. The molecule has 2 aromatic rings. The number of rotatable bonds is 7. The molecule has 1 aromatic heterocycles. The number of thiophene rings is 1. The molecule has 1 amide bonds. The van der Waals surface area contributed by atoms with Gasteiger partial charge in [-0.3, -0.25) is 4.79 Å². The van der Waals surface area contributed by atoms with Crippen LogP contribution in [0.15, 0.2) is 41.8 Å². The summed E-state index contributed by atoms with van der Waals surface area (Å²) >= 11 is 1.55. The molecule has 1 heterocycles. The van der Waals surface area contributed by atoms with Crippen molar-refractivity contribution < 1.29 is 22.7 Å². The Morgan fingerprint density at radius 1 is 1.16 bits per heavy atom. The Hall–Kier alpha value is -2.19. The zero-order valence-corrected chi connectivity index (χ0v) is 15.6. The zero-order valence-electron chi connectivity index (χ0n) is 14.0. The van der Waals surface area contributed by atoms with Gasteiger partial charge in [0.25, 0.3) is 5.91 Å². The van der Waals surface area contributed by atoms with Crippen molar-refractivity contribution in [3.05, 3.63) is 57.8 Å². The van der Waals surface area contributed by atoms with Crippen molar-refractivity contribution in [2.45, 2.75) is 12.3 Å². The van der Waals surface area contributed by atoms with Crippen LogP contribution in [0.25, 0.3) is 0 Å². The quantitative estimate of drug-likeness (QED) is 0.686. The number of likely N-dealkylation sites (N-methyl/N-ethyl adjacent to an activating group) is 1. The van der Waals surface area contributed by atoms with Crippen LogP contribution in [-0.4, -0.2) is 45.1 Å². The molecule has 0 fully saturated rings. The average molecular weight is 381 g/mol. The lowest BCUT2D eigenvalue weighted by Crippen LogP contribution is -2.30. The van der Waals surface area contributed by atoms with Crippen LogP contribution in [0.1, 0.15) is 20.8 Å². The molecule has 0 aliphatic heterocycles. The van der Waals surface area contributed by atoms with E-state index in [2.05, 4.69) is 0 Å². The topological polar surface area (TPSA) is 80.8 Å². The molecule has 8 heteroatoms. The number of amides is 1. The summed E-state index contributed by atoms with van der Waals surface area (Å²) in [6, 6.07) is 9.93. The van der Waals surface area contributed by atoms with E-state index in [1.54, 1.807) is 30.5 Å². The molecule has 0 unspecified atom stereocenters. The first kappa shape index (κ1) is 19.1. The van der Waals surface area contributed by atoms with E-state index in [1.807, 2.05) is 17.5 Å². The van der Waals surface area contributed by atoms with Crippen molar-refractivity contribution in [2.24, 2.45) is 0 Å². The van der Waals surface area contributed by atoms with Gasteiger partial charge < -0.3 is 9.64 Å². The van der Waals surface area contributed by atoms with E-state index in [9.17, 15) is 18.0 Å². The van der Waals surface area contributed by atoms with E-state index < -0.39 is 15.8 Å². The fourth-order valence-corrected chi connectivity index (χ4v) is 3.64. The van der Waals surface area contributed by atoms with Crippen molar-refractivity contribution in [1.82, 2.24) is 4.90 Å². The van der Waals surface area contributed by atoms with E-state index >= 15 is 0 Å². The Morgan fingerprint density at radius 3 is 2.40 bits per heavy atom. The summed E-state index contributed by atoms with van der Waals surface area (Å²) in [6.45, 7) is 0.125. The highest BCUT2D eigenvalue weighted by atomic mass is 32.2. The Balaban J connectivity index is 1.86. The summed E-state index contributed by atoms with van der Waals surface area (Å²) in [6.07, 6.45) is 1.15. The van der Waals surface area contributed by atoms with Crippen molar-refractivity contribution in [2.75, 3.05) is 19.9 Å². The van der Waals surface area contributed by atoms with Gasteiger partial charge in [-0.25, -0.2) is 13.2 Å². The SMILES string of the molecule is CN(Cc1cccs1)C(=O)COC(=O)c1ccc(CS(C)(=O)=O)cc1. The number of hydrogen-bond donors (Lipinski definition) is 0. The summed E-state index contributed by atoms with van der Waals surface area (Å²) in [5.74, 6) is -1.01. The maximum absolute atomic E-state index is 12.0. The summed E-state index contributed by atoms with van der Waals surface area (Å²) in [5.41, 5.74) is 0.858. The van der Waals surface area contributed by atoms with Crippen molar-refractivity contribution in [3.63, 3.8) is 0 Å². The molecule has 0 bridgehead atoms. The Labute approximate surface area is 151 Å². The van der Waals surface area contributed by atoms with Gasteiger partial charge in [0.2, 0.25) is 0 Å². The number of sulfone groups is 1. The molecule has 0 saturated carbocycles. The second-order valence-electron chi connectivity index (χ2n) is 5.67. The first-order chi connectivity index (χ1) is 11.7. The molecule has 25 heavy (non-hydrogen) atoms. The summed E-state index contributed by atoms with van der Waals surface area (Å²) in [7, 11) is -1.48. The molecule has 0 saturated heterocycles. The number of carbonyl (C=O) groups is 2. The highest BCUT2D eigenvalue weighted by Gasteiger charge is 2.14. The Morgan fingerprint density at radius 2 is 1.84 bits per heavy atom. The highest BCUT2D eigenvalue weighted by Crippen LogP contribution is 2.12. The second-order valence-corrected chi connectivity index (χ2v) is 8.84. The average Bonchev–Trinajstić information content (AvgIpc) is 3.04. The van der Waals surface area contributed by atoms with E-state index in [1.165, 1.54) is 17.0 Å². The molecule has 0 spiro atoms. The van der Waals surface area contributed by atoms with Gasteiger partial charge in [-0.15, -0.1) is 11.3 Å². The monoisotopic (exact) mass is 381 g/mol. The Bertz CT molecular complexity index is 826. The molecule has 6 nitrogen and oxygen atoms in total. The van der Waals surface area contributed by atoms with E-state index in [0.717, 1.165) is 11.1 Å². The standard InChI is InChI=1S/C17H19NO5S2/c1-18(10-15-4-3-9-24-15)16(19)11-23-17(20)14-7-5-13(6-8-14)12-25(2,21)22/h3-9H,10-12H2,1-2H3. The van der Waals surface area contributed by atoms with E-state index in [4.69, 9.17) is 4.74 Å². The van der Waals surface area contributed by atoms with E-state index in [-0.39, 0.29) is 23.8 Å². The largest absolute Gasteiger partial charge is 0.452 e. The maximum atomic E-state index is 12.0. The lowest BCUT2D eigenvalue weighted by atomic mass is 10.1. The molecule has 0 radical (unpaired) electrons. The number of nitrogens with zero attached hydrogens (tertiary/aromatic N) is 1. The van der Waals surface area contributed by atoms with E-state index in [0.29, 0.717) is 12.1 Å². The number of esters is 1. The summed E-state index contributed by atoms with van der Waals surface area (Å²) in [4.78, 5) is 26.5. The van der Waals surface area contributed by atoms with Crippen LogP contribution in [0, 0.1) is 0 Å². The molecule has 0 atom stereocenters. The van der Waals surface area contributed by atoms with Crippen LogP contribution >= 0.6 is 11.3 Å². The van der Waals surface area contributed by atoms with Crippen LogP contribution in [0.2, 0.25) is 0 Å². The summed E-state index contributed by atoms with van der Waals surface area (Å²) in [5, 5.41) is 1.93. The van der Waals surface area contributed by atoms with Crippen LogP contribution in [0.4, 0.5) is 0 Å². The first-order valence-corrected chi connectivity index (χ1v) is 10.4. The van der Waals surface area contributed by atoms with Gasteiger partial charge in [0.1, 0.15) is 0 Å². The lowest BCUT2D eigenvalue weighted by Gasteiger charge is -2.16. The fraction of sp³-hybridized carbons (Fsp3) is 0.294. The minimum atomic E-state index is -3.13. The van der Waals surface area contributed by atoms with Gasteiger partial charge in [0.05, 0.1) is 17.9 Å². The third-order valence-corrected chi connectivity index (χ3v) is 5.06. The Kier molecular flexibility index (Phi) is 6.33. The zero-order chi connectivity index (χ0) is 18.4. The molecule has 0 aliphatic rings. The minimum absolute atomic E-state index is 0.0890. The number of hydrogen-bond acceptors (Lipinski definition) is 6. The van der Waals surface area contributed by atoms with Gasteiger partial charge in [-0.05, 0) is 29.1 Å². The van der Waals surface area contributed by atoms with Gasteiger partial charge in [-0.2, -0.15) is 0 Å². The van der Waals surface area contributed by atoms with Crippen LogP contribution < -0.4 is 0 Å². The molecular weight excluding hydrogens is 362 g/mol. The number of benzene rings is 1. The highest BCUT2D eigenvalue weighted by molar-refractivity contribution is 7.89. The molecule has 2 rings (SSSR count). The molecule has 1 aromatic carbocycles. The van der Waals surface area contributed by atoms with Crippen LogP contribution in [0.3, 0.4) is 0 Å². The number of carbonyl (C=O) groups excluding carboxylic acids is 2. The van der Waals surface area contributed by atoms with Crippen molar-refractivity contribution in [1.29, 1.82) is 0 Å². The third kappa shape index (κ3) is 6.32. The molecule has 0 N–H and O–H groups in total. The van der Waals surface area contributed by atoms with Gasteiger partial charge in [0.15, 0.2) is 16.4 Å². The molecular formula is C17H19NO5S2. The normalized spacial score (nSPS) is 11.1. The molecule has 0 aliphatic carbocycles. The van der Waals surface area contributed by atoms with Gasteiger partial charge in [-0.1, -0.05) is 18.2 Å². The summed E-state index contributed by atoms with van der Waals surface area (Å²) < 4.78 is 27.5. The molecule has 134 valence electrons. The smallest absolute Gasteiger partial charge is 0.338 e. The second kappa shape index (κ2) is 8.26. The predicted octanol–water partition coefficient (Wildman–Crippen LogP) is 2.11. The fourth-order valence-electron chi connectivity index (χ4n) is 2.09. The van der Waals surface area contributed by atoms with Crippen LogP contribution in [-0.2, 0) is 31.7 Å². The van der Waals surface area contributed by atoms with Crippen molar-refractivity contribution >= 4 is 33.1 Å². The maximum Gasteiger partial charge on any atom is 0.338 e. The minimum Gasteiger partial charge on any atom is -0.452 e. The lowest BCUT2D eigenvalue weighted by molar-refractivity contribution is -0.133.